The van der Waals surface area contributed by atoms with Gasteiger partial charge in [-0.1, -0.05) is 23.8 Å². The number of aromatic nitrogens is 1. The van der Waals surface area contributed by atoms with Gasteiger partial charge in [0.15, 0.2) is 0 Å². The predicted molar refractivity (Wildman–Crippen MR) is 91.5 cm³/mol. The molecule has 2 aliphatic carbocycles. The van der Waals surface area contributed by atoms with Gasteiger partial charge in [-0.05, 0) is 73.9 Å². The summed E-state index contributed by atoms with van der Waals surface area (Å²) in [5.74, 6) is 0.678. The molecule has 1 atom stereocenters. The molecule has 1 aromatic rings. The number of likely N-dealkylation sites (tertiary alicyclic amines) is 1. The van der Waals surface area contributed by atoms with Crippen molar-refractivity contribution in [2.45, 2.75) is 32.1 Å². The Labute approximate surface area is 133 Å². The monoisotopic (exact) mass is 292 g/mol. The van der Waals surface area contributed by atoms with Gasteiger partial charge in [0.25, 0.3) is 0 Å². The van der Waals surface area contributed by atoms with Gasteiger partial charge in [-0.25, -0.2) is 0 Å². The van der Waals surface area contributed by atoms with Crippen molar-refractivity contribution in [2.24, 2.45) is 5.92 Å². The lowest BCUT2D eigenvalue weighted by molar-refractivity contribution is 0.313. The minimum atomic E-state index is 0.678. The highest BCUT2D eigenvalue weighted by atomic mass is 15.1. The fourth-order valence-electron chi connectivity index (χ4n) is 3.98. The number of rotatable bonds is 0. The molecule has 0 aromatic carbocycles. The van der Waals surface area contributed by atoms with Crippen molar-refractivity contribution in [3.8, 4) is 0 Å². The summed E-state index contributed by atoms with van der Waals surface area (Å²) in [5, 5.41) is 0. The summed E-state index contributed by atoms with van der Waals surface area (Å²) in [6.45, 7) is 2.34. The van der Waals surface area contributed by atoms with Crippen LogP contribution in [0.25, 0.3) is 5.57 Å². The van der Waals surface area contributed by atoms with Gasteiger partial charge in [-0.3, -0.25) is 4.98 Å². The normalized spacial score (nSPS) is 25.3. The van der Waals surface area contributed by atoms with Crippen molar-refractivity contribution >= 4 is 5.57 Å². The SMILES string of the molecule is CN1CCC(=C2C=C3C=CCCC3Cc3cccnc32)CC1. The lowest BCUT2D eigenvalue weighted by Crippen LogP contribution is -2.26. The minimum Gasteiger partial charge on any atom is -0.306 e. The molecule has 1 unspecified atom stereocenters. The maximum atomic E-state index is 4.77. The summed E-state index contributed by atoms with van der Waals surface area (Å²) in [7, 11) is 2.22. The van der Waals surface area contributed by atoms with Gasteiger partial charge in [0.05, 0.1) is 5.69 Å². The molecular formula is C20H24N2. The van der Waals surface area contributed by atoms with E-state index in [-0.39, 0.29) is 0 Å². The quantitative estimate of drug-likeness (QED) is 0.718. The zero-order valence-corrected chi connectivity index (χ0v) is 13.4. The predicted octanol–water partition coefficient (Wildman–Crippen LogP) is 4.01. The van der Waals surface area contributed by atoms with Gasteiger partial charge >= 0.3 is 0 Å². The number of pyridine rings is 1. The molecule has 1 fully saturated rings. The molecule has 2 nitrogen and oxygen atoms in total. The molecule has 1 aromatic heterocycles. The Morgan fingerprint density at radius 3 is 2.95 bits per heavy atom. The van der Waals surface area contributed by atoms with E-state index in [1.165, 1.54) is 61.2 Å². The van der Waals surface area contributed by atoms with E-state index in [9.17, 15) is 0 Å². The lowest BCUT2D eigenvalue weighted by Gasteiger charge is -2.26. The number of hydrogen-bond acceptors (Lipinski definition) is 2. The molecule has 114 valence electrons. The number of fused-ring (bicyclic) bond motifs is 2. The van der Waals surface area contributed by atoms with Crippen molar-refractivity contribution in [2.75, 3.05) is 20.1 Å². The Morgan fingerprint density at radius 1 is 1.23 bits per heavy atom. The molecule has 0 bridgehead atoms. The van der Waals surface area contributed by atoms with Gasteiger partial charge in [0.1, 0.15) is 0 Å². The van der Waals surface area contributed by atoms with E-state index in [0.717, 1.165) is 6.42 Å². The zero-order chi connectivity index (χ0) is 14.9. The molecule has 0 radical (unpaired) electrons. The summed E-state index contributed by atoms with van der Waals surface area (Å²) in [4.78, 5) is 7.20. The van der Waals surface area contributed by atoms with E-state index in [0.29, 0.717) is 5.92 Å². The molecule has 2 heterocycles. The summed E-state index contributed by atoms with van der Waals surface area (Å²) in [6, 6.07) is 4.38. The third-order valence-corrected chi connectivity index (χ3v) is 5.36. The maximum absolute atomic E-state index is 4.77. The summed E-state index contributed by atoms with van der Waals surface area (Å²) in [6.07, 6.45) is 15.1. The van der Waals surface area contributed by atoms with Crippen LogP contribution in [-0.4, -0.2) is 30.0 Å². The Kier molecular flexibility index (Phi) is 3.71. The molecule has 0 N–H and O–H groups in total. The second-order valence-corrected chi connectivity index (χ2v) is 6.86. The number of hydrogen-bond donors (Lipinski definition) is 0. The van der Waals surface area contributed by atoms with E-state index in [4.69, 9.17) is 4.98 Å². The van der Waals surface area contributed by atoms with Crippen molar-refractivity contribution in [3.63, 3.8) is 0 Å². The Hall–Kier alpha value is -1.67. The summed E-state index contributed by atoms with van der Waals surface area (Å²) in [5.41, 5.74) is 7.23. The third-order valence-electron chi connectivity index (χ3n) is 5.36. The maximum Gasteiger partial charge on any atom is 0.0733 e. The van der Waals surface area contributed by atoms with Crippen molar-refractivity contribution in [1.82, 2.24) is 9.88 Å². The second kappa shape index (κ2) is 5.85. The van der Waals surface area contributed by atoms with Crippen LogP contribution in [0.1, 0.15) is 36.9 Å². The molecule has 0 spiro atoms. The van der Waals surface area contributed by atoms with E-state index in [1.54, 1.807) is 5.57 Å². The molecule has 3 aliphatic rings. The zero-order valence-electron chi connectivity index (χ0n) is 13.4. The van der Waals surface area contributed by atoms with Gasteiger partial charge in [0.2, 0.25) is 0 Å². The smallest absolute Gasteiger partial charge is 0.0733 e. The number of piperidine rings is 1. The van der Waals surface area contributed by atoms with Crippen LogP contribution >= 0.6 is 0 Å². The van der Waals surface area contributed by atoms with E-state index >= 15 is 0 Å². The Morgan fingerprint density at radius 2 is 2.09 bits per heavy atom. The highest BCUT2D eigenvalue weighted by molar-refractivity contribution is 5.79. The van der Waals surface area contributed by atoms with Gasteiger partial charge in [-0.15, -0.1) is 0 Å². The van der Waals surface area contributed by atoms with Crippen LogP contribution in [0.4, 0.5) is 0 Å². The molecule has 22 heavy (non-hydrogen) atoms. The molecule has 0 amide bonds. The van der Waals surface area contributed by atoms with Crippen LogP contribution in [0, 0.1) is 5.92 Å². The first kappa shape index (κ1) is 14.0. The standard InChI is InChI=1S/C20H24N2/c1-22-11-8-15(9-12-22)19-14-17-6-3-2-5-16(17)13-18-7-4-10-21-20(18)19/h3-4,6-7,10,14,16H,2,5,8-9,11-13H2,1H3. The summed E-state index contributed by atoms with van der Waals surface area (Å²) >= 11 is 0. The molecular weight excluding hydrogens is 268 g/mol. The van der Waals surface area contributed by atoms with Crippen LogP contribution in [0.15, 0.2) is 47.7 Å². The van der Waals surface area contributed by atoms with E-state index in [2.05, 4.69) is 42.3 Å². The Balaban J connectivity index is 1.84. The minimum absolute atomic E-state index is 0.678. The van der Waals surface area contributed by atoms with Gasteiger partial charge in [-0.2, -0.15) is 0 Å². The van der Waals surface area contributed by atoms with Crippen LogP contribution < -0.4 is 0 Å². The average molecular weight is 292 g/mol. The largest absolute Gasteiger partial charge is 0.306 e. The molecule has 2 heteroatoms. The fourth-order valence-corrected chi connectivity index (χ4v) is 3.98. The third kappa shape index (κ3) is 2.56. The first-order chi connectivity index (χ1) is 10.8. The summed E-state index contributed by atoms with van der Waals surface area (Å²) < 4.78 is 0. The lowest BCUT2D eigenvalue weighted by atomic mass is 9.85. The topological polar surface area (TPSA) is 16.1 Å². The molecule has 1 saturated heterocycles. The van der Waals surface area contributed by atoms with Crippen molar-refractivity contribution in [3.05, 3.63) is 59.0 Å². The number of allylic oxidation sites excluding steroid dienone is 5. The van der Waals surface area contributed by atoms with Crippen molar-refractivity contribution < 1.29 is 0 Å². The first-order valence-electron chi connectivity index (χ1n) is 8.54. The Bertz CT molecular complexity index is 656. The van der Waals surface area contributed by atoms with Crippen molar-refractivity contribution in [1.29, 1.82) is 0 Å². The molecule has 4 rings (SSSR count). The highest BCUT2D eigenvalue weighted by Gasteiger charge is 2.25. The van der Waals surface area contributed by atoms with E-state index in [1.807, 2.05) is 6.20 Å². The average Bonchev–Trinajstić information content (AvgIpc) is 2.72. The number of nitrogens with zero attached hydrogens (tertiary/aromatic N) is 2. The first-order valence-corrected chi connectivity index (χ1v) is 8.54. The van der Waals surface area contributed by atoms with Crippen LogP contribution in [0.2, 0.25) is 0 Å². The van der Waals surface area contributed by atoms with E-state index < -0.39 is 0 Å². The van der Waals surface area contributed by atoms with Gasteiger partial charge < -0.3 is 4.90 Å². The second-order valence-electron chi connectivity index (χ2n) is 6.86. The van der Waals surface area contributed by atoms with Crippen LogP contribution in [0.5, 0.6) is 0 Å². The highest BCUT2D eigenvalue weighted by Crippen LogP contribution is 2.38. The molecule has 0 saturated carbocycles. The fraction of sp³-hybridized carbons (Fsp3) is 0.450. The molecule has 1 aliphatic heterocycles. The van der Waals surface area contributed by atoms with Gasteiger partial charge in [0, 0.05) is 19.3 Å². The van der Waals surface area contributed by atoms with Crippen LogP contribution in [-0.2, 0) is 6.42 Å². The van der Waals surface area contributed by atoms with Crippen LogP contribution in [0.3, 0.4) is 0 Å².